The molecule has 18 heavy (non-hydrogen) atoms. The second-order valence-corrected chi connectivity index (χ2v) is 6.09. The first-order chi connectivity index (χ1) is 8.59. The first kappa shape index (κ1) is 11.8. The molecule has 0 aliphatic heterocycles. The maximum atomic E-state index is 6.29. The molecule has 1 aliphatic rings. The lowest BCUT2D eigenvalue weighted by Gasteiger charge is -2.25. The number of nitrogens with two attached hydrogens (primary N) is 1. The van der Waals surface area contributed by atoms with E-state index in [1.807, 2.05) is 18.2 Å². The van der Waals surface area contributed by atoms with Crippen molar-refractivity contribution in [2.24, 2.45) is 5.41 Å². The molecule has 3 rings (SSSR count). The number of aromatic nitrogens is 2. The van der Waals surface area contributed by atoms with E-state index in [1.165, 1.54) is 25.7 Å². The van der Waals surface area contributed by atoms with E-state index < -0.39 is 0 Å². The Labute approximate surface area is 112 Å². The van der Waals surface area contributed by atoms with Crippen LogP contribution >= 0.6 is 11.6 Å². The van der Waals surface area contributed by atoms with Crippen LogP contribution < -0.4 is 5.73 Å². The van der Waals surface area contributed by atoms with E-state index in [9.17, 15) is 0 Å². The van der Waals surface area contributed by atoms with E-state index in [2.05, 4.69) is 16.5 Å². The molecule has 0 spiro atoms. The molecule has 1 aromatic carbocycles. The largest absolute Gasteiger partial charge is 0.369 e. The number of fused-ring (bicyclic) bond motifs is 1. The monoisotopic (exact) mass is 263 g/mol. The van der Waals surface area contributed by atoms with Crippen LogP contribution in [0, 0.1) is 5.41 Å². The average molecular weight is 264 g/mol. The van der Waals surface area contributed by atoms with Gasteiger partial charge in [0.15, 0.2) is 0 Å². The molecule has 0 unspecified atom stereocenters. The van der Waals surface area contributed by atoms with E-state index in [1.54, 1.807) is 0 Å². The van der Waals surface area contributed by atoms with Crippen LogP contribution in [0.5, 0.6) is 0 Å². The molecule has 0 radical (unpaired) electrons. The van der Waals surface area contributed by atoms with Gasteiger partial charge in [0.2, 0.25) is 5.95 Å². The third-order valence-corrected chi connectivity index (χ3v) is 4.40. The van der Waals surface area contributed by atoms with Crippen LogP contribution in [-0.2, 0) is 6.54 Å². The third-order valence-electron chi connectivity index (χ3n) is 4.10. The number of rotatable bonds is 2. The van der Waals surface area contributed by atoms with E-state index >= 15 is 0 Å². The number of imidazole rings is 1. The number of halogens is 1. The second-order valence-electron chi connectivity index (χ2n) is 5.68. The molecule has 1 fully saturated rings. The number of nitrogen functional groups attached to an aromatic ring is 1. The van der Waals surface area contributed by atoms with Gasteiger partial charge < -0.3 is 10.3 Å². The zero-order valence-corrected chi connectivity index (χ0v) is 11.4. The molecule has 0 atom stereocenters. The first-order valence-electron chi connectivity index (χ1n) is 6.49. The second kappa shape index (κ2) is 4.16. The third kappa shape index (κ3) is 1.87. The molecule has 1 aromatic heterocycles. The SMILES string of the molecule is CC1(Cn2c(N)nc3cccc(Cl)c32)CCCC1. The van der Waals surface area contributed by atoms with Crippen LogP contribution in [0.4, 0.5) is 5.95 Å². The summed E-state index contributed by atoms with van der Waals surface area (Å²) in [5, 5.41) is 0.735. The minimum Gasteiger partial charge on any atom is -0.369 e. The standard InChI is InChI=1S/C14H18ClN3/c1-14(7-2-3-8-14)9-18-12-10(15)5-4-6-11(12)17-13(18)16/h4-6H,2-3,7-9H2,1H3,(H2,16,17). The van der Waals surface area contributed by atoms with Crippen molar-refractivity contribution in [3.8, 4) is 0 Å². The molecule has 0 bridgehead atoms. The lowest BCUT2D eigenvalue weighted by atomic mass is 9.89. The van der Waals surface area contributed by atoms with Crippen molar-refractivity contribution in [2.45, 2.75) is 39.2 Å². The number of hydrogen-bond donors (Lipinski definition) is 1. The maximum Gasteiger partial charge on any atom is 0.201 e. The quantitative estimate of drug-likeness (QED) is 0.894. The van der Waals surface area contributed by atoms with Crippen molar-refractivity contribution in [3.63, 3.8) is 0 Å². The minimum absolute atomic E-state index is 0.334. The van der Waals surface area contributed by atoms with Gasteiger partial charge in [-0.3, -0.25) is 0 Å². The highest BCUT2D eigenvalue weighted by atomic mass is 35.5. The summed E-state index contributed by atoms with van der Waals surface area (Å²) in [4.78, 5) is 4.40. The molecule has 4 heteroatoms. The Morgan fingerprint density at radius 2 is 2.11 bits per heavy atom. The predicted molar refractivity (Wildman–Crippen MR) is 75.7 cm³/mol. The molecule has 2 aromatic rings. The van der Waals surface area contributed by atoms with Crippen LogP contribution in [0.2, 0.25) is 5.02 Å². The van der Waals surface area contributed by atoms with Gasteiger partial charge >= 0.3 is 0 Å². The van der Waals surface area contributed by atoms with Crippen molar-refractivity contribution in [1.82, 2.24) is 9.55 Å². The summed E-state index contributed by atoms with van der Waals surface area (Å²) < 4.78 is 2.09. The topological polar surface area (TPSA) is 43.8 Å². The van der Waals surface area contributed by atoms with Crippen LogP contribution in [0.25, 0.3) is 11.0 Å². The van der Waals surface area contributed by atoms with E-state index in [4.69, 9.17) is 17.3 Å². The fraction of sp³-hybridized carbons (Fsp3) is 0.500. The number of nitrogens with zero attached hydrogens (tertiary/aromatic N) is 2. The average Bonchev–Trinajstić information content (AvgIpc) is 2.86. The van der Waals surface area contributed by atoms with Crippen LogP contribution in [0.15, 0.2) is 18.2 Å². The van der Waals surface area contributed by atoms with Crippen molar-refractivity contribution < 1.29 is 0 Å². The molecule has 1 heterocycles. The lowest BCUT2D eigenvalue weighted by Crippen LogP contribution is -2.20. The highest BCUT2D eigenvalue weighted by Crippen LogP contribution is 2.40. The number of anilines is 1. The highest BCUT2D eigenvalue weighted by Gasteiger charge is 2.30. The predicted octanol–water partition coefficient (Wildman–Crippen LogP) is 3.85. The number of hydrogen-bond acceptors (Lipinski definition) is 2. The van der Waals surface area contributed by atoms with Crippen molar-refractivity contribution in [2.75, 3.05) is 5.73 Å². The van der Waals surface area contributed by atoms with Gasteiger partial charge in [0.05, 0.1) is 16.1 Å². The molecule has 1 aliphatic carbocycles. The van der Waals surface area contributed by atoms with Gasteiger partial charge in [0.25, 0.3) is 0 Å². The zero-order chi connectivity index (χ0) is 12.8. The molecule has 0 saturated heterocycles. The summed E-state index contributed by atoms with van der Waals surface area (Å²) >= 11 is 6.29. The van der Waals surface area contributed by atoms with Crippen LogP contribution in [-0.4, -0.2) is 9.55 Å². The Bertz CT molecular complexity index is 582. The van der Waals surface area contributed by atoms with Crippen molar-refractivity contribution in [3.05, 3.63) is 23.2 Å². The summed E-state index contributed by atoms with van der Waals surface area (Å²) in [5.74, 6) is 0.575. The minimum atomic E-state index is 0.334. The Balaban J connectivity index is 2.08. The molecular weight excluding hydrogens is 246 g/mol. The number of para-hydroxylation sites is 1. The lowest BCUT2D eigenvalue weighted by molar-refractivity contribution is 0.287. The molecule has 3 nitrogen and oxygen atoms in total. The van der Waals surface area contributed by atoms with Gasteiger partial charge in [0, 0.05) is 6.54 Å². The van der Waals surface area contributed by atoms with Gasteiger partial charge in [-0.2, -0.15) is 0 Å². The fourth-order valence-electron chi connectivity index (χ4n) is 3.09. The molecule has 0 amide bonds. The maximum absolute atomic E-state index is 6.29. The highest BCUT2D eigenvalue weighted by molar-refractivity contribution is 6.35. The fourth-order valence-corrected chi connectivity index (χ4v) is 3.36. The molecule has 1 saturated carbocycles. The smallest absolute Gasteiger partial charge is 0.201 e. The van der Waals surface area contributed by atoms with E-state index in [-0.39, 0.29) is 0 Å². The van der Waals surface area contributed by atoms with Crippen molar-refractivity contribution >= 4 is 28.6 Å². The normalized spacial score (nSPS) is 18.6. The van der Waals surface area contributed by atoms with Gasteiger partial charge in [-0.05, 0) is 30.4 Å². The summed E-state index contributed by atoms with van der Waals surface area (Å²) in [6.07, 6.45) is 5.15. The molecule has 96 valence electrons. The summed E-state index contributed by atoms with van der Waals surface area (Å²) in [5.41, 5.74) is 8.25. The van der Waals surface area contributed by atoms with E-state index in [0.717, 1.165) is 22.6 Å². The number of benzene rings is 1. The van der Waals surface area contributed by atoms with Crippen molar-refractivity contribution in [1.29, 1.82) is 0 Å². The van der Waals surface area contributed by atoms with Gasteiger partial charge in [-0.15, -0.1) is 0 Å². The Hall–Kier alpha value is -1.22. The Kier molecular flexibility index (Phi) is 2.74. The zero-order valence-electron chi connectivity index (χ0n) is 10.6. The van der Waals surface area contributed by atoms with Crippen LogP contribution in [0.1, 0.15) is 32.6 Å². The summed E-state index contributed by atoms with van der Waals surface area (Å²) in [6, 6.07) is 5.78. The van der Waals surface area contributed by atoms with Crippen LogP contribution in [0.3, 0.4) is 0 Å². The molecular formula is C14H18ClN3. The summed E-state index contributed by atoms with van der Waals surface area (Å²) in [6.45, 7) is 3.25. The van der Waals surface area contributed by atoms with E-state index in [0.29, 0.717) is 11.4 Å². The summed E-state index contributed by atoms with van der Waals surface area (Å²) in [7, 11) is 0. The Morgan fingerprint density at radius 3 is 2.83 bits per heavy atom. The Morgan fingerprint density at radius 1 is 1.39 bits per heavy atom. The van der Waals surface area contributed by atoms with Gasteiger partial charge in [0.1, 0.15) is 0 Å². The van der Waals surface area contributed by atoms with Gasteiger partial charge in [-0.1, -0.05) is 37.4 Å². The first-order valence-corrected chi connectivity index (χ1v) is 6.87. The van der Waals surface area contributed by atoms with Gasteiger partial charge in [-0.25, -0.2) is 4.98 Å². The molecule has 2 N–H and O–H groups in total.